The van der Waals surface area contributed by atoms with E-state index in [9.17, 15) is 14.7 Å². The maximum absolute atomic E-state index is 12.9. The summed E-state index contributed by atoms with van der Waals surface area (Å²) in [6.45, 7) is 2.35. The van der Waals surface area contributed by atoms with Crippen molar-refractivity contribution in [2.45, 2.75) is 70.6 Å². The third-order valence-corrected chi connectivity index (χ3v) is 6.45. The van der Waals surface area contributed by atoms with E-state index in [1.165, 1.54) is 12.6 Å². The topological polar surface area (TPSA) is 109 Å². The molecule has 3 N–H and O–H groups in total. The number of nitrogens with zero attached hydrogens (tertiary/aromatic N) is 3. The fraction of sp³-hybridized carbons (Fsp3) is 0.545. The van der Waals surface area contributed by atoms with Crippen molar-refractivity contribution in [3.8, 4) is 11.1 Å². The molecule has 166 valence electrons. The number of aryl methyl sites for hydroxylation is 1. The zero-order chi connectivity index (χ0) is 22.0. The molecule has 0 unspecified atom stereocenters. The second-order valence-corrected chi connectivity index (χ2v) is 8.88. The standard InChI is InChI=1S/C22H28ClN5O3/c1-13(29)21(30)26-15-6-4-5-14(9-15)22(31)27-20-10-16(18(23)12-24-20)17-11-25-28-8-3-2-7-19(17)28/h10-15,29H,2-9H2,1H3,(H,26,30)(H,24,27,31)/t13-,14+,15+/m0/s1. The average Bonchev–Trinajstić information content (AvgIpc) is 3.19. The summed E-state index contributed by atoms with van der Waals surface area (Å²) in [5, 5.41) is 20.2. The molecule has 4 rings (SSSR count). The van der Waals surface area contributed by atoms with E-state index >= 15 is 0 Å². The van der Waals surface area contributed by atoms with Crippen molar-refractivity contribution in [1.82, 2.24) is 20.1 Å². The number of pyridine rings is 1. The van der Waals surface area contributed by atoms with Crippen LogP contribution in [0.4, 0.5) is 5.82 Å². The number of carbonyl (C=O) groups excluding carboxylic acids is 2. The number of hydrogen-bond donors (Lipinski definition) is 3. The molecule has 2 aromatic rings. The summed E-state index contributed by atoms with van der Waals surface area (Å²) in [6.07, 6.45) is 8.49. The maximum atomic E-state index is 12.9. The van der Waals surface area contributed by atoms with Crippen LogP contribution in [-0.4, -0.2) is 43.8 Å². The smallest absolute Gasteiger partial charge is 0.248 e. The molecule has 3 atom stereocenters. The van der Waals surface area contributed by atoms with E-state index in [-0.39, 0.29) is 17.9 Å². The van der Waals surface area contributed by atoms with Crippen molar-refractivity contribution in [2.75, 3.05) is 5.32 Å². The summed E-state index contributed by atoms with van der Waals surface area (Å²) >= 11 is 6.44. The molecule has 1 saturated carbocycles. The zero-order valence-electron chi connectivity index (χ0n) is 17.6. The number of amides is 2. The molecule has 1 fully saturated rings. The summed E-state index contributed by atoms with van der Waals surface area (Å²) in [7, 11) is 0. The molecule has 9 heteroatoms. The lowest BCUT2D eigenvalue weighted by Gasteiger charge is -2.29. The Bertz CT molecular complexity index is 974. The molecule has 8 nitrogen and oxygen atoms in total. The predicted octanol–water partition coefficient (Wildman–Crippen LogP) is 2.93. The normalized spacial score (nSPS) is 21.8. The van der Waals surface area contributed by atoms with Crippen LogP contribution in [0.1, 0.15) is 51.1 Å². The largest absolute Gasteiger partial charge is 0.384 e. The van der Waals surface area contributed by atoms with E-state index in [2.05, 4.69) is 20.7 Å². The van der Waals surface area contributed by atoms with Gasteiger partial charge in [-0.05, 0) is 51.5 Å². The Morgan fingerprint density at radius 3 is 2.87 bits per heavy atom. The van der Waals surface area contributed by atoms with E-state index in [0.29, 0.717) is 17.3 Å². The number of anilines is 1. The second kappa shape index (κ2) is 9.36. The molecular formula is C22H28ClN5O3. The SMILES string of the molecule is C[C@H](O)C(=O)N[C@@H]1CCC[C@@H](C(=O)Nc2cc(-c3cnn4c3CCCC4)c(Cl)cn2)C1. The van der Waals surface area contributed by atoms with Crippen LogP contribution in [0, 0.1) is 5.92 Å². The summed E-state index contributed by atoms with van der Waals surface area (Å²) < 4.78 is 2.03. The molecule has 2 aromatic heterocycles. The molecular weight excluding hydrogens is 418 g/mol. The highest BCUT2D eigenvalue weighted by Gasteiger charge is 2.29. The predicted molar refractivity (Wildman–Crippen MR) is 118 cm³/mol. The fourth-order valence-corrected chi connectivity index (χ4v) is 4.67. The third kappa shape index (κ3) is 4.91. The Morgan fingerprint density at radius 2 is 2.06 bits per heavy atom. The van der Waals surface area contributed by atoms with E-state index < -0.39 is 12.0 Å². The minimum atomic E-state index is -1.06. The van der Waals surface area contributed by atoms with Gasteiger partial charge in [0.25, 0.3) is 0 Å². The molecule has 1 aliphatic heterocycles. The zero-order valence-corrected chi connectivity index (χ0v) is 18.4. The lowest BCUT2D eigenvalue weighted by Crippen LogP contribution is -2.44. The van der Waals surface area contributed by atoms with Gasteiger partial charge in [0.05, 0.1) is 11.2 Å². The quantitative estimate of drug-likeness (QED) is 0.655. The van der Waals surface area contributed by atoms with Gasteiger partial charge in [-0.15, -0.1) is 0 Å². The number of carbonyl (C=O) groups is 2. The van der Waals surface area contributed by atoms with E-state index in [1.54, 1.807) is 6.20 Å². The highest BCUT2D eigenvalue weighted by molar-refractivity contribution is 6.33. The molecule has 2 amide bonds. The molecule has 0 radical (unpaired) electrons. The van der Waals surface area contributed by atoms with Crippen molar-refractivity contribution in [3.63, 3.8) is 0 Å². The van der Waals surface area contributed by atoms with Crippen molar-refractivity contribution in [3.05, 3.63) is 29.2 Å². The van der Waals surface area contributed by atoms with Gasteiger partial charge >= 0.3 is 0 Å². The average molecular weight is 446 g/mol. The van der Waals surface area contributed by atoms with Crippen LogP contribution >= 0.6 is 11.6 Å². The van der Waals surface area contributed by atoms with Crippen LogP contribution in [-0.2, 0) is 22.6 Å². The van der Waals surface area contributed by atoms with Gasteiger partial charge in [-0.2, -0.15) is 5.10 Å². The van der Waals surface area contributed by atoms with E-state index in [0.717, 1.165) is 56.2 Å². The van der Waals surface area contributed by atoms with Crippen molar-refractivity contribution >= 4 is 29.2 Å². The number of rotatable bonds is 5. The van der Waals surface area contributed by atoms with Crippen LogP contribution in [0.25, 0.3) is 11.1 Å². The van der Waals surface area contributed by atoms with Crippen LogP contribution in [0.2, 0.25) is 5.02 Å². The summed E-state index contributed by atoms with van der Waals surface area (Å²) in [5.41, 5.74) is 2.97. The first-order valence-electron chi connectivity index (χ1n) is 10.9. The van der Waals surface area contributed by atoms with Crippen LogP contribution < -0.4 is 10.6 Å². The highest BCUT2D eigenvalue weighted by Crippen LogP contribution is 2.34. The summed E-state index contributed by atoms with van der Waals surface area (Å²) in [4.78, 5) is 28.9. The number of hydrogen-bond acceptors (Lipinski definition) is 5. The van der Waals surface area contributed by atoms with Crippen molar-refractivity contribution in [2.24, 2.45) is 5.92 Å². The molecule has 2 aliphatic rings. The van der Waals surface area contributed by atoms with Crippen molar-refractivity contribution in [1.29, 1.82) is 0 Å². The van der Waals surface area contributed by atoms with E-state index in [4.69, 9.17) is 11.6 Å². The lowest BCUT2D eigenvalue weighted by molar-refractivity contribution is -0.130. The van der Waals surface area contributed by atoms with Crippen LogP contribution in [0.3, 0.4) is 0 Å². The summed E-state index contributed by atoms with van der Waals surface area (Å²) in [5.74, 6) is -0.290. The summed E-state index contributed by atoms with van der Waals surface area (Å²) in [6, 6.07) is 1.70. The van der Waals surface area contributed by atoms with Gasteiger partial charge in [0.15, 0.2) is 0 Å². The Hall–Kier alpha value is -2.45. The Labute approximate surface area is 186 Å². The number of nitrogens with one attached hydrogen (secondary N) is 2. The van der Waals surface area contributed by atoms with E-state index in [1.807, 2.05) is 16.9 Å². The Morgan fingerprint density at radius 1 is 1.23 bits per heavy atom. The number of aliphatic hydroxyl groups is 1. The van der Waals surface area contributed by atoms with Gasteiger partial charge in [-0.25, -0.2) is 4.98 Å². The van der Waals surface area contributed by atoms with Gasteiger partial charge in [0, 0.05) is 41.5 Å². The maximum Gasteiger partial charge on any atom is 0.248 e. The van der Waals surface area contributed by atoms with Gasteiger partial charge in [-0.3, -0.25) is 14.3 Å². The Kier molecular flexibility index (Phi) is 6.57. The molecule has 0 bridgehead atoms. The number of aromatic nitrogens is 3. The van der Waals surface area contributed by atoms with Gasteiger partial charge in [-0.1, -0.05) is 18.0 Å². The van der Waals surface area contributed by atoms with Gasteiger partial charge in [0.2, 0.25) is 11.8 Å². The molecule has 0 spiro atoms. The monoisotopic (exact) mass is 445 g/mol. The van der Waals surface area contributed by atoms with Crippen molar-refractivity contribution < 1.29 is 14.7 Å². The number of halogens is 1. The molecule has 0 aromatic carbocycles. The fourth-order valence-electron chi connectivity index (χ4n) is 4.47. The number of fused-ring (bicyclic) bond motifs is 1. The first-order valence-corrected chi connectivity index (χ1v) is 11.3. The first-order chi connectivity index (χ1) is 14.9. The first kappa shape index (κ1) is 21.8. The molecule has 31 heavy (non-hydrogen) atoms. The second-order valence-electron chi connectivity index (χ2n) is 8.47. The minimum Gasteiger partial charge on any atom is -0.384 e. The third-order valence-electron chi connectivity index (χ3n) is 6.15. The van der Waals surface area contributed by atoms with Gasteiger partial charge in [0.1, 0.15) is 11.9 Å². The molecule has 3 heterocycles. The molecule has 0 saturated heterocycles. The number of aliphatic hydroxyl groups excluding tert-OH is 1. The minimum absolute atomic E-state index is 0.112. The van der Waals surface area contributed by atoms with Crippen LogP contribution in [0.15, 0.2) is 18.5 Å². The van der Waals surface area contributed by atoms with Gasteiger partial charge < -0.3 is 15.7 Å². The van der Waals surface area contributed by atoms with Crippen LogP contribution in [0.5, 0.6) is 0 Å². The lowest BCUT2D eigenvalue weighted by atomic mass is 9.85. The molecule has 1 aliphatic carbocycles. The highest BCUT2D eigenvalue weighted by atomic mass is 35.5. The Balaban J connectivity index is 1.46.